The second-order valence-corrected chi connectivity index (χ2v) is 9.41. The summed E-state index contributed by atoms with van der Waals surface area (Å²) in [6.45, 7) is 3.25. The van der Waals surface area contributed by atoms with Gasteiger partial charge in [-0.2, -0.15) is 13.2 Å². The average Bonchev–Trinajstić information content (AvgIpc) is 2.37. The smallest absolute Gasteiger partial charge is 0.416 e. The molecule has 0 aromatic heterocycles. The molecular formula is C12H14F3INO4P. The fraction of sp³-hybridized carbons (Fsp3) is 0.417. The Morgan fingerprint density at radius 2 is 1.91 bits per heavy atom. The van der Waals surface area contributed by atoms with Crippen LogP contribution in [0.3, 0.4) is 0 Å². The van der Waals surface area contributed by atoms with Crippen molar-refractivity contribution in [3.63, 3.8) is 0 Å². The van der Waals surface area contributed by atoms with Gasteiger partial charge < -0.3 is 9.26 Å². The average molecular weight is 451 g/mol. The van der Waals surface area contributed by atoms with E-state index in [0.717, 1.165) is 24.3 Å². The predicted molar refractivity (Wildman–Crippen MR) is 82.9 cm³/mol. The molecule has 1 rings (SSSR count). The molecule has 0 aliphatic rings. The van der Waals surface area contributed by atoms with Gasteiger partial charge in [0.15, 0.2) is 0 Å². The molecule has 0 aliphatic carbocycles. The normalized spacial score (nSPS) is 15.7. The zero-order valence-corrected chi connectivity index (χ0v) is 14.7. The van der Waals surface area contributed by atoms with Crippen LogP contribution in [0.25, 0.3) is 0 Å². The summed E-state index contributed by atoms with van der Waals surface area (Å²) in [5, 5.41) is -1.01. The molecule has 1 aromatic rings. The maximum Gasteiger partial charge on any atom is 0.416 e. The highest BCUT2D eigenvalue weighted by atomic mass is 127. The zero-order chi connectivity index (χ0) is 17.0. The molecule has 0 saturated heterocycles. The van der Waals surface area contributed by atoms with Gasteiger partial charge in [0.2, 0.25) is 0 Å². The molecule has 22 heavy (non-hydrogen) atoms. The lowest BCUT2D eigenvalue weighted by molar-refractivity contribution is -0.144. The van der Waals surface area contributed by atoms with Gasteiger partial charge in [-0.3, -0.25) is 4.79 Å². The molecule has 0 bridgehead atoms. The van der Waals surface area contributed by atoms with E-state index in [0.29, 0.717) is 0 Å². The number of benzene rings is 1. The third kappa shape index (κ3) is 6.13. The second-order valence-electron chi connectivity index (χ2n) is 4.20. The van der Waals surface area contributed by atoms with Crippen molar-refractivity contribution in [1.29, 1.82) is 0 Å². The van der Waals surface area contributed by atoms with Crippen molar-refractivity contribution < 1.29 is 31.8 Å². The van der Waals surface area contributed by atoms with Gasteiger partial charge in [-0.25, -0.2) is 9.65 Å². The Morgan fingerprint density at radius 3 is 2.36 bits per heavy atom. The summed E-state index contributed by atoms with van der Waals surface area (Å²) in [6.07, 6.45) is -4.46. The van der Waals surface area contributed by atoms with E-state index in [2.05, 4.69) is 5.09 Å². The van der Waals surface area contributed by atoms with Crippen LogP contribution in [0.5, 0.6) is 5.75 Å². The molecule has 5 nitrogen and oxygen atoms in total. The summed E-state index contributed by atoms with van der Waals surface area (Å²) >= 11 is 1.47. The molecule has 2 atom stereocenters. The van der Waals surface area contributed by atoms with Crippen LogP contribution in [0.1, 0.15) is 19.4 Å². The molecule has 0 saturated carbocycles. The van der Waals surface area contributed by atoms with E-state index in [9.17, 15) is 22.5 Å². The summed E-state index contributed by atoms with van der Waals surface area (Å²) in [6, 6.07) is 2.88. The Morgan fingerprint density at radius 1 is 1.36 bits per heavy atom. The molecular weight excluding hydrogens is 437 g/mol. The van der Waals surface area contributed by atoms with E-state index in [1.165, 1.54) is 29.0 Å². The lowest BCUT2D eigenvalue weighted by Crippen LogP contribution is -2.33. The monoisotopic (exact) mass is 451 g/mol. The third-order valence-electron chi connectivity index (χ3n) is 2.39. The van der Waals surface area contributed by atoms with Crippen LogP contribution in [0.4, 0.5) is 13.2 Å². The molecule has 1 N–H and O–H groups in total. The maximum absolute atomic E-state index is 12.4. The molecule has 0 fully saturated rings. The highest BCUT2D eigenvalue weighted by molar-refractivity contribution is 14.2. The van der Waals surface area contributed by atoms with Crippen LogP contribution >= 0.6 is 27.2 Å². The lowest BCUT2D eigenvalue weighted by Gasteiger charge is -2.18. The highest BCUT2D eigenvalue weighted by Crippen LogP contribution is 2.52. The fourth-order valence-electron chi connectivity index (χ4n) is 1.42. The van der Waals surface area contributed by atoms with Gasteiger partial charge in [-0.15, -0.1) is 0 Å². The SMILES string of the molecule is CCOC(=O)[C@H](C)NP(=O)(I)Oc1ccc(C(F)(F)F)cc1. The Bertz CT molecular complexity index is 564. The first-order valence-electron chi connectivity index (χ1n) is 6.16. The van der Waals surface area contributed by atoms with Gasteiger partial charge in [0.05, 0.1) is 34.2 Å². The topological polar surface area (TPSA) is 64.6 Å². The summed E-state index contributed by atoms with van der Waals surface area (Å²) < 4.78 is 59.4. The van der Waals surface area contributed by atoms with Crippen molar-refractivity contribution in [3.05, 3.63) is 29.8 Å². The van der Waals surface area contributed by atoms with Gasteiger partial charge in [-0.05, 0) is 38.1 Å². The van der Waals surface area contributed by atoms with E-state index in [-0.39, 0.29) is 12.4 Å². The number of nitrogens with one attached hydrogen (secondary N) is 1. The number of carbonyl (C=O) groups excluding carboxylic acids is 1. The molecule has 0 amide bonds. The lowest BCUT2D eigenvalue weighted by atomic mass is 10.2. The molecule has 0 radical (unpaired) electrons. The minimum Gasteiger partial charge on any atom is -0.465 e. The van der Waals surface area contributed by atoms with E-state index in [4.69, 9.17) is 9.26 Å². The van der Waals surface area contributed by atoms with Gasteiger partial charge in [-0.1, -0.05) is 0 Å². The number of ether oxygens (including phenoxy) is 1. The molecule has 0 aliphatic heterocycles. The zero-order valence-electron chi connectivity index (χ0n) is 11.7. The number of hydrogen-bond acceptors (Lipinski definition) is 4. The Labute approximate surface area is 138 Å². The van der Waals surface area contributed by atoms with Gasteiger partial charge >= 0.3 is 17.3 Å². The summed E-state index contributed by atoms with van der Waals surface area (Å²) in [7, 11) is 0. The minimum atomic E-state index is -4.46. The first kappa shape index (κ1) is 19.2. The molecule has 0 heterocycles. The number of esters is 1. The fourth-order valence-corrected chi connectivity index (χ4v) is 4.37. The van der Waals surface area contributed by atoms with Crippen molar-refractivity contribution in [2.24, 2.45) is 0 Å². The third-order valence-corrected chi connectivity index (χ3v) is 4.96. The molecule has 10 heteroatoms. The second kappa shape index (κ2) is 7.65. The van der Waals surface area contributed by atoms with Crippen LogP contribution in [-0.2, 0) is 20.3 Å². The van der Waals surface area contributed by atoms with E-state index in [1.807, 2.05) is 0 Å². The first-order chi connectivity index (χ1) is 10.0. The summed E-state index contributed by atoms with van der Waals surface area (Å²) in [5.41, 5.74) is -0.837. The first-order valence-corrected chi connectivity index (χ1v) is 10.6. The quantitative estimate of drug-likeness (QED) is 0.400. The van der Waals surface area contributed by atoms with Crippen LogP contribution < -0.4 is 9.61 Å². The maximum atomic E-state index is 12.4. The number of halogens is 4. The van der Waals surface area contributed by atoms with Crippen LogP contribution in [0, 0.1) is 0 Å². The Kier molecular flexibility index (Phi) is 6.69. The minimum absolute atomic E-state index is 0.00528. The Hall–Kier alpha value is -0.800. The van der Waals surface area contributed by atoms with E-state index < -0.39 is 28.9 Å². The molecule has 1 aromatic carbocycles. The number of rotatable bonds is 6. The van der Waals surface area contributed by atoms with Crippen molar-refractivity contribution >= 4 is 33.2 Å². The number of carbonyl (C=O) groups is 1. The van der Waals surface area contributed by atoms with E-state index in [1.54, 1.807) is 6.92 Å². The summed E-state index contributed by atoms with van der Waals surface area (Å²) in [4.78, 5) is 11.4. The van der Waals surface area contributed by atoms with Crippen LogP contribution in [0.2, 0.25) is 0 Å². The van der Waals surface area contributed by atoms with Crippen molar-refractivity contribution in [3.8, 4) is 5.75 Å². The van der Waals surface area contributed by atoms with Gasteiger partial charge in [0.1, 0.15) is 11.8 Å². The Balaban J connectivity index is 2.72. The molecule has 124 valence electrons. The molecule has 0 spiro atoms. The van der Waals surface area contributed by atoms with Crippen LogP contribution in [-0.4, -0.2) is 18.6 Å². The summed E-state index contributed by atoms with van der Waals surface area (Å²) in [5.74, 6) is -0.607. The van der Waals surface area contributed by atoms with Crippen molar-refractivity contribution in [2.75, 3.05) is 6.61 Å². The van der Waals surface area contributed by atoms with Gasteiger partial charge in [0, 0.05) is 0 Å². The van der Waals surface area contributed by atoms with E-state index >= 15 is 0 Å². The van der Waals surface area contributed by atoms with Crippen LogP contribution in [0.15, 0.2) is 24.3 Å². The highest BCUT2D eigenvalue weighted by Gasteiger charge is 2.31. The van der Waals surface area contributed by atoms with Gasteiger partial charge in [0.25, 0.3) is 0 Å². The largest absolute Gasteiger partial charge is 0.465 e. The number of hydrogen-bond donors (Lipinski definition) is 1. The number of alkyl halides is 3. The molecule has 1 unspecified atom stereocenters. The van der Waals surface area contributed by atoms with Crippen molar-refractivity contribution in [2.45, 2.75) is 26.1 Å². The van der Waals surface area contributed by atoms with Crippen molar-refractivity contribution in [1.82, 2.24) is 5.09 Å². The standard InChI is InChI=1S/C12H14F3INO4P/c1-3-20-11(18)8(2)17-22(16,19)21-10-6-4-9(5-7-10)12(13,14)15/h4-8H,3H2,1-2H3,(H,17,19)/t8-,22?/m0/s1. The predicted octanol–water partition coefficient (Wildman–Crippen LogP) is 4.17.